The Labute approximate surface area is 70.7 Å². The van der Waals surface area contributed by atoms with Gasteiger partial charge in [-0.1, -0.05) is 12.1 Å². The Morgan fingerprint density at radius 2 is 2.00 bits per heavy atom. The molecule has 0 aliphatic heterocycles. The van der Waals surface area contributed by atoms with E-state index in [1.807, 2.05) is 0 Å². The van der Waals surface area contributed by atoms with Crippen molar-refractivity contribution in [3.05, 3.63) is 34.8 Å². The van der Waals surface area contributed by atoms with Crippen molar-refractivity contribution in [2.24, 2.45) is 0 Å². The van der Waals surface area contributed by atoms with E-state index in [2.05, 4.69) is 4.98 Å². The van der Waals surface area contributed by atoms with E-state index in [1.165, 1.54) is 0 Å². The minimum absolute atomic E-state index is 0. The second-order valence-corrected chi connectivity index (χ2v) is 1.89. The van der Waals surface area contributed by atoms with Gasteiger partial charge < -0.3 is 17.5 Å². The Morgan fingerprint density at radius 1 is 1.36 bits per heavy atom. The second-order valence-electron chi connectivity index (χ2n) is 1.89. The summed E-state index contributed by atoms with van der Waals surface area (Å²) in [6, 6.07) is 6.86. The number of hydrogen-bond acceptors (Lipinski definition) is 2. The van der Waals surface area contributed by atoms with E-state index >= 15 is 0 Å². The molecule has 1 N–H and O–H groups in total. The summed E-state index contributed by atoms with van der Waals surface area (Å²) in [4.78, 5) is 2.98. The molecule has 4 heteroatoms. The molecule has 0 spiro atoms. The Hall–Kier alpha value is -1.11. The molecule has 3 nitrogen and oxygen atoms in total. The van der Waals surface area contributed by atoms with Gasteiger partial charge in [-0.3, -0.25) is 0 Å². The molecule has 1 rings (SSSR count). The lowest BCUT2D eigenvalue weighted by Gasteiger charge is -1.86. The Morgan fingerprint density at radius 3 is 2.45 bits per heavy atom. The van der Waals surface area contributed by atoms with Gasteiger partial charge in [0.1, 0.15) is 0 Å². The van der Waals surface area contributed by atoms with Crippen LogP contribution in [0.1, 0.15) is 5.56 Å². The molecule has 1 aromatic rings. The number of aliphatic hydroxyl groups excluding tert-OH is 1. The van der Waals surface area contributed by atoms with Crippen LogP contribution in [0, 0.1) is 5.39 Å². The summed E-state index contributed by atoms with van der Waals surface area (Å²) < 4.78 is 0. The molecule has 11 heavy (non-hydrogen) atoms. The van der Waals surface area contributed by atoms with E-state index < -0.39 is 0 Å². The number of aliphatic hydroxyl groups is 1. The van der Waals surface area contributed by atoms with Crippen LogP contribution in [0.5, 0.6) is 0 Å². The number of diazo groups is 1. The summed E-state index contributed by atoms with van der Waals surface area (Å²) >= 11 is 0. The molecular weight excluding hydrogens is 164 g/mol. The molecule has 1 aromatic carbocycles. The lowest BCUT2D eigenvalue weighted by molar-refractivity contribution is -0.00000324. The van der Waals surface area contributed by atoms with Gasteiger partial charge in [-0.15, -0.1) is 0 Å². The third kappa shape index (κ3) is 2.19. The highest BCUT2D eigenvalue weighted by atomic mass is 35.5. The quantitative estimate of drug-likeness (QED) is 0.531. The lowest BCUT2D eigenvalue weighted by atomic mass is 10.2. The van der Waals surface area contributed by atoms with Crippen molar-refractivity contribution >= 4 is 5.69 Å². The average Bonchev–Trinajstić information content (AvgIpc) is 2.04. The summed E-state index contributed by atoms with van der Waals surface area (Å²) in [6.45, 7) is -0.0970. The van der Waals surface area contributed by atoms with Gasteiger partial charge in [0.2, 0.25) is 5.39 Å². The Kier molecular flexibility index (Phi) is 4.20. The first-order valence-electron chi connectivity index (χ1n) is 2.92. The van der Waals surface area contributed by atoms with E-state index in [-0.39, 0.29) is 19.0 Å². The fourth-order valence-corrected chi connectivity index (χ4v) is 0.742. The van der Waals surface area contributed by atoms with Gasteiger partial charge in [0, 0.05) is 6.07 Å². The topological polar surface area (TPSA) is 48.4 Å². The molecule has 0 saturated heterocycles. The molecule has 0 unspecified atom stereocenters. The van der Waals surface area contributed by atoms with Gasteiger partial charge in [-0.25, -0.2) is 0 Å². The molecule has 0 radical (unpaired) electrons. The van der Waals surface area contributed by atoms with Gasteiger partial charge in [0.15, 0.2) is 4.98 Å². The van der Waals surface area contributed by atoms with Gasteiger partial charge in [0.25, 0.3) is 0 Å². The third-order valence-corrected chi connectivity index (χ3v) is 1.27. The second kappa shape index (κ2) is 4.67. The summed E-state index contributed by atoms with van der Waals surface area (Å²) in [5.74, 6) is 0. The first kappa shape index (κ1) is 9.89. The molecule has 0 fully saturated rings. The smallest absolute Gasteiger partial charge is 0.390 e. The highest BCUT2D eigenvalue weighted by molar-refractivity contribution is 5.50. The summed E-state index contributed by atoms with van der Waals surface area (Å²) in [7, 11) is 0. The third-order valence-electron chi connectivity index (χ3n) is 1.27. The van der Waals surface area contributed by atoms with Crippen LogP contribution >= 0.6 is 0 Å². The average molecular weight is 171 g/mol. The van der Waals surface area contributed by atoms with Crippen molar-refractivity contribution < 1.29 is 17.5 Å². The minimum atomic E-state index is -0.0970. The molecule has 0 heterocycles. The maximum atomic E-state index is 8.68. The highest BCUT2D eigenvalue weighted by Gasteiger charge is 2.09. The summed E-state index contributed by atoms with van der Waals surface area (Å²) in [5, 5.41) is 17.0. The molecule has 0 amide bonds. The van der Waals surface area contributed by atoms with E-state index in [0.29, 0.717) is 11.3 Å². The molecule has 0 aliphatic carbocycles. The largest absolute Gasteiger partial charge is 1.00 e. The van der Waals surface area contributed by atoms with Crippen LogP contribution in [0.4, 0.5) is 5.69 Å². The molecule has 0 aliphatic rings. The molecule has 58 valence electrons. The normalized spacial score (nSPS) is 8.00. The first-order chi connectivity index (χ1) is 4.88. The Bertz CT molecular complexity index is 269. The first-order valence-corrected chi connectivity index (χ1v) is 2.92. The molecular formula is C7H7ClN2O. The van der Waals surface area contributed by atoms with Crippen LogP contribution in [-0.4, -0.2) is 5.11 Å². The zero-order chi connectivity index (χ0) is 7.40. The van der Waals surface area contributed by atoms with Crippen molar-refractivity contribution in [2.45, 2.75) is 6.61 Å². The zero-order valence-electron chi connectivity index (χ0n) is 5.74. The minimum Gasteiger partial charge on any atom is -1.00 e. The van der Waals surface area contributed by atoms with Crippen molar-refractivity contribution in [3.8, 4) is 0 Å². The van der Waals surface area contributed by atoms with E-state index in [9.17, 15) is 0 Å². The maximum Gasteiger partial charge on any atom is 0.390 e. The van der Waals surface area contributed by atoms with Gasteiger partial charge in [-0.2, -0.15) is 0 Å². The van der Waals surface area contributed by atoms with Crippen molar-refractivity contribution in [1.29, 1.82) is 5.39 Å². The van der Waals surface area contributed by atoms with Crippen LogP contribution in [0.15, 0.2) is 24.3 Å². The molecule has 0 saturated carbocycles. The fourth-order valence-electron chi connectivity index (χ4n) is 0.742. The molecule has 0 aromatic heterocycles. The van der Waals surface area contributed by atoms with Crippen molar-refractivity contribution in [1.82, 2.24) is 0 Å². The van der Waals surface area contributed by atoms with E-state index in [0.717, 1.165) is 0 Å². The lowest BCUT2D eigenvalue weighted by Crippen LogP contribution is -3.00. The van der Waals surface area contributed by atoms with Gasteiger partial charge in [-0.05, 0) is 6.07 Å². The predicted molar refractivity (Wildman–Crippen MR) is 37.1 cm³/mol. The molecule has 0 bridgehead atoms. The highest BCUT2D eigenvalue weighted by Crippen LogP contribution is 2.17. The maximum absolute atomic E-state index is 8.68. The number of hydrogen-bond donors (Lipinski definition) is 1. The zero-order valence-corrected chi connectivity index (χ0v) is 6.49. The summed E-state index contributed by atoms with van der Waals surface area (Å²) in [5.41, 5.74) is 1.05. The number of nitrogens with zero attached hydrogens (tertiary/aromatic N) is 2. The standard InChI is InChI=1S/C7H7N2O.ClH/c8-9-7-4-2-1-3-6(7)5-10;/h1-4,10H,5H2;1H/q+1;/p-1. The Balaban J connectivity index is 0.000001000. The van der Waals surface area contributed by atoms with Gasteiger partial charge in [0.05, 0.1) is 12.2 Å². The number of benzene rings is 1. The predicted octanol–water partition coefficient (Wildman–Crippen LogP) is -1.33. The van der Waals surface area contributed by atoms with Crippen molar-refractivity contribution in [2.75, 3.05) is 0 Å². The summed E-state index contributed by atoms with van der Waals surface area (Å²) in [6.07, 6.45) is 0. The monoisotopic (exact) mass is 170 g/mol. The fraction of sp³-hybridized carbons (Fsp3) is 0.143. The van der Waals surface area contributed by atoms with Crippen LogP contribution in [0.3, 0.4) is 0 Å². The van der Waals surface area contributed by atoms with Crippen molar-refractivity contribution in [3.63, 3.8) is 0 Å². The SMILES string of the molecule is N#[N+]c1ccccc1CO.[Cl-]. The van der Waals surface area contributed by atoms with Crippen LogP contribution < -0.4 is 12.4 Å². The van der Waals surface area contributed by atoms with Crippen LogP contribution in [0.2, 0.25) is 0 Å². The number of halogens is 1. The van der Waals surface area contributed by atoms with Gasteiger partial charge >= 0.3 is 5.69 Å². The van der Waals surface area contributed by atoms with E-state index in [4.69, 9.17) is 10.5 Å². The number of rotatable bonds is 1. The van der Waals surface area contributed by atoms with E-state index in [1.54, 1.807) is 24.3 Å². The van der Waals surface area contributed by atoms with Crippen LogP contribution in [-0.2, 0) is 6.61 Å². The molecule has 0 atom stereocenters. The van der Waals surface area contributed by atoms with Crippen LogP contribution in [0.25, 0.3) is 4.98 Å².